The van der Waals surface area contributed by atoms with Gasteiger partial charge in [0, 0.05) is 25.5 Å². The molecule has 1 saturated heterocycles. The molecule has 1 amide bonds. The first kappa shape index (κ1) is 9.95. The highest BCUT2D eigenvalue weighted by molar-refractivity contribution is 5.92. The summed E-state index contributed by atoms with van der Waals surface area (Å²) in [5.74, 6) is -0.0260. The van der Waals surface area contributed by atoms with E-state index >= 15 is 0 Å². The van der Waals surface area contributed by atoms with E-state index in [0.717, 1.165) is 0 Å². The van der Waals surface area contributed by atoms with E-state index in [1.165, 1.54) is 0 Å². The second kappa shape index (κ2) is 3.97. The molecule has 0 N–H and O–H groups in total. The van der Waals surface area contributed by atoms with Gasteiger partial charge in [0.2, 0.25) is 0 Å². The van der Waals surface area contributed by atoms with Crippen molar-refractivity contribution in [1.82, 2.24) is 24.9 Å². The van der Waals surface area contributed by atoms with Crippen molar-refractivity contribution in [1.29, 1.82) is 0 Å². The zero-order valence-corrected chi connectivity index (χ0v) is 9.10. The number of rotatable bonds is 2. The van der Waals surface area contributed by atoms with Gasteiger partial charge < -0.3 is 4.90 Å². The first-order chi connectivity index (χ1) is 8.34. The van der Waals surface area contributed by atoms with Gasteiger partial charge in [-0.1, -0.05) is 11.3 Å². The summed E-state index contributed by atoms with van der Waals surface area (Å²) in [6, 6.07) is 5.58. The SMILES string of the molecule is O=C(c1ccccn1)N1CC(n2ccnn2)C1. The van der Waals surface area contributed by atoms with Gasteiger partial charge in [0.1, 0.15) is 5.69 Å². The third-order valence-electron chi connectivity index (χ3n) is 2.85. The van der Waals surface area contributed by atoms with Crippen LogP contribution in [0.2, 0.25) is 0 Å². The molecule has 0 radical (unpaired) electrons. The normalized spacial score (nSPS) is 15.6. The van der Waals surface area contributed by atoms with E-state index in [9.17, 15) is 4.79 Å². The van der Waals surface area contributed by atoms with E-state index in [1.54, 1.807) is 34.1 Å². The van der Waals surface area contributed by atoms with Crippen LogP contribution in [0.25, 0.3) is 0 Å². The Morgan fingerprint density at radius 3 is 2.82 bits per heavy atom. The third kappa shape index (κ3) is 1.77. The van der Waals surface area contributed by atoms with Gasteiger partial charge in [-0.05, 0) is 12.1 Å². The van der Waals surface area contributed by atoms with E-state index in [1.807, 2.05) is 12.3 Å². The molecule has 0 atom stereocenters. The van der Waals surface area contributed by atoms with Gasteiger partial charge in [0.25, 0.3) is 5.91 Å². The predicted octanol–water partition coefficient (Wildman–Crippen LogP) is 0.370. The Morgan fingerprint density at radius 1 is 1.29 bits per heavy atom. The number of hydrogen-bond donors (Lipinski definition) is 0. The highest BCUT2D eigenvalue weighted by Crippen LogP contribution is 2.21. The summed E-state index contributed by atoms with van der Waals surface area (Å²) < 4.78 is 1.78. The quantitative estimate of drug-likeness (QED) is 0.746. The molecule has 86 valence electrons. The van der Waals surface area contributed by atoms with Crippen molar-refractivity contribution in [2.75, 3.05) is 13.1 Å². The molecule has 0 aromatic carbocycles. The maximum Gasteiger partial charge on any atom is 0.272 e. The summed E-state index contributed by atoms with van der Waals surface area (Å²) in [6.07, 6.45) is 5.08. The molecule has 2 aromatic heterocycles. The molecule has 1 aliphatic rings. The summed E-state index contributed by atoms with van der Waals surface area (Å²) in [5, 5.41) is 7.67. The zero-order chi connectivity index (χ0) is 11.7. The average Bonchev–Trinajstić information content (AvgIpc) is 2.82. The summed E-state index contributed by atoms with van der Waals surface area (Å²) in [5.41, 5.74) is 0.490. The summed E-state index contributed by atoms with van der Waals surface area (Å²) >= 11 is 0. The molecule has 6 heteroatoms. The van der Waals surface area contributed by atoms with Crippen molar-refractivity contribution in [3.63, 3.8) is 0 Å². The maximum absolute atomic E-state index is 12.0. The molecule has 3 heterocycles. The lowest BCUT2D eigenvalue weighted by molar-refractivity contribution is 0.0492. The highest BCUT2D eigenvalue weighted by atomic mass is 16.2. The molecule has 0 spiro atoms. The molecule has 17 heavy (non-hydrogen) atoms. The van der Waals surface area contributed by atoms with E-state index in [0.29, 0.717) is 18.8 Å². The fourth-order valence-electron chi connectivity index (χ4n) is 1.85. The van der Waals surface area contributed by atoms with Gasteiger partial charge in [0.05, 0.1) is 12.2 Å². The van der Waals surface area contributed by atoms with Crippen molar-refractivity contribution in [3.8, 4) is 0 Å². The molecular weight excluding hydrogens is 218 g/mol. The van der Waals surface area contributed by atoms with Crippen LogP contribution in [-0.2, 0) is 0 Å². The van der Waals surface area contributed by atoms with Crippen LogP contribution in [0.1, 0.15) is 16.5 Å². The molecule has 1 fully saturated rings. The molecule has 0 unspecified atom stereocenters. The van der Waals surface area contributed by atoms with Crippen molar-refractivity contribution in [3.05, 3.63) is 42.5 Å². The largest absolute Gasteiger partial charge is 0.333 e. The minimum Gasteiger partial charge on any atom is -0.333 e. The van der Waals surface area contributed by atoms with Gasteiger partial charge in [-0.3, -0.25) is 9.78 Å². The van der Waals surface area contributed by atoms with Crippen LogP contribution < -0.4 is 0 Å². The fraction of sp³-hybridized carbons (Fsp3) is 0.273. The molecule has 1 aliphatic heterocycles. The van der Waals surface area contributed by atoms with E-state index in [2.05, 4.69) is 15.3 Å². The van der Waals surface area contributed by atoms with Crippen LogP contribution in [0.5, 0.6) is 0 Å². The summed E-state index contributed by atoms with van der Waals surface area (Å²) in [6.45, 7) is 1.33. The molecule has 0 saturated carbocycles. The lowest BCUT2D eigenvalue weighted by Crippen LogP contribution is -2.51. The van der Waals surface area contributed by atoms with Gasteiger partial charge in [0.15, 0.2) is 0 Å². The van der Waals surface area contributed by atoms with Crippen LogP contribution >= 0.6 is 0 Å². The van der Waals surface area contributed by atoms with Crippen LogP contribution in [-0.4, -0.2) is 43.9 Å². The minimum atomic E-state index is -0.0260. The number of nitrogens with zero attached hydrogens (tertiary/aromatic N) is 5. The Balaban J connectivity index is 1.65. The van der Waals surface area contributed by atoms with Crippen LogP contribution in [0.4, 0.5) is 0 Å². The number of carbonyl (C=O) groups excluding carboxylic acids is 1. The minimum absolute atomic E-state index is 0.0260. The lowest BCUT2D eigenvalue weighted by atomic mass is 10.1. The van der Waals surface area contributed by atoms with Gasteiger partial charge in [-0.15, -0.1) is 5.10 Å². The smallest absolute Gasteiger partial charge is 0.272 e. The van der Waals surface area contributed by atoms with Crippen molar-refractivity contribution >= 4 is 5.91 Å². The van der Waals surface area contributed by atoms with Crippen molar-refractivity contribution < 1.29 is 4.79 Å². The molecule has 6 nitrogen and oxygen atoms in total. The Labute approximate surface area is 97.9 Å². The van der Waals surface area contributed by atoms with E-state index in [-0.39, 0.29) is 11.9 Å². The van der Waals surface area contributed by atoms with E-state index < -0.39 is 0 Å². The first-order valence-corrected chi connectivity index (χ1v) is 5.41. The second-order valence-corrected chi connectivity index (χ2v) is 3.96. The zero-order valence-electron chi connectivity index (χ0n) is 9.10. The molecule has 2 aromatic rings. The molecule has 3 rings (SSSR count). The average molecular weight is 229 g/mol. The Bertz CT molecular complexity index is 504. The third-order valence-corrected chi connectivity index (χ3v) is 2.85. The van der Waals surface area contributed by atoms with Gasteiger partial charge >= 0.3 is 0 Å². The number of likely N-dealkylation sites (tertiary alicyclic amines) is 1. The topological polar surface area (TPSA) is 63.9 Å². The van der Waals surface area contributed by atoms with Crippen LogP contribution in [0, 0.1) is 0 Å². The fourth-order valence-corrected chi connectivity index (χ4v) is 1.85. The molecular formula is C11H11N5O. The van der Waals surface area contributed by atoms with E-state index in [4.69, 9.17) is 0 Å². The Morgan fingerprint density at radius 2 is 2.18 bits per heavy atom. The number of hydrogen-bond acceptors (Lipinski definition) is 4. The molecule has 0 bridgehead atoms. The first-order valence-electron chi connectivity index (χ1n) is 5.41. The summed E-state index contributed by atoms with van der Waals surface area (Å²) in [7, 11) is 0. The monoisotopic (exact) mass is 229 g/mol. The van der Waals surface area contributed by atoms with Gasteiger partial charge in [-0.25, -0.2) is 4.68 Å². The van der Waals surface area contributed by atoms with Crippen LogP contribution in [0.3, 0.4) is 0 Å². The number of aromatic nitrogens is 4. The Hall–Kier alpha value is -2.24. The number of amides is 1. The molecule has 0 aliphatic carbocycles. The van der Waals surface area contributed by atoms with Crippen molar-refractivity contribution in [2.24, 2.45) is 0 Å². The predicted molar refractivity (Wildman–Crippen MR) is 59.2 cm³/mol. The van der Waals surface area contributed by atoms with Gasteiger partial charge in [-0.2, -0.15) is 0 Å². The number of pyridine rings is 1. The van der Waals surface area contributed by atoms with Crippen LogP contribution in [0.15, 0.2) is 36.8 Å². The standard InChI is InChI=1S/C11H11N5O/c17-11(10-3-1-2-4-12-10)15-7-9(8-15)16-6-5-13-14-16/h1-6,9H,7-8H2. The second-order valence-electron chi connectivity index (χ2n) is 3.96. The summed E-state index contributed by atoms with van der Waals surface area (Å²) in [4.78, 5) is 17.8. The Kier molecular flexibility index (Phi) is 2.32. The maximum atomic E-state index is 12.0. The highest BCUT2D eigenvalue weighted by Gasteiger charge is 2.33. The lowest BCUT2D eigenvalue weighted by Gasteiger charge is -2.38. The van der Waals surface area contributed by atoms with Crippen molar-refractivity contribution in [2.45, 2.75) is 6.04 Å². The number of carbonyl (C=O) groups is 1.